The van der Waals surface area contributed by atoms with Crippen LogP contribution in [0.4, 0.5) is 0 Å². The number of hydrogen-bond acceptors (Lipinski definition) is 5. The first-order chi connectivity index (χ1) is 12.0. The van der Waals surface area contributed by atoms with Crippen molar-refractivity contribution >= 4 is 44.4 Å². The van der Waals surface area contributed by atoms with Crippen LogP contribution in [0.2, 0.25) is 5.02 Å². The Morgan fingerprint density at radius 3 is 2.80 bits per heavy atom. The van der Waals surface area contributed by atoms with E-state index in [2.05, 4.69) is 15.9 Å². The zero-order chi connectivity index (χ0) is 18.0. The second-order valence-electron chi connectivity index (χ2n) is 5.04. The Hall–Kier alpha value is -2.35. The molecule has 6 nitrogen and oxygen atoms in total. The molecule has 0 bridgehead atoms. The van der Waals surface area contributed by atoms with Crippen molar-refractivity contribution in [1.82, 2.24) is 0 Å². The highest BCUT2D eigenvalue weighted by molar-refractivity contribution is 9.10. The van der Waals surface area contributed by atoms with Gasteiger partial charge >= 0.3 is 0 Å². The second kappa shape index (κ2) is 7.26. The molecule has 1 heterocycles. The molecule has 3 rings (SSSR count). The molecular weight excluding hydrogens is 414 g/mol. The van der Waals surface area contributed by atoms with Gasteiger partial charge < -0.3 is 15.0 Å². The number of nitrogens with two attached hydrogens (primary N) is 1. The number of primary amides is 1. The van der Waals surface area contributed by atoms with Crippen molar-refractivity contribution in [2.45, 2.75) is 0 Å². The molecule has 0 saturated carbocycles. The van der Waals surface area contributed by atoms with Crippen molar-refractivity contribution < 1.29 is 19.0 Å². The molecular formula is C17H11BrClNO5. The van der Waals surface area contributed by atoms with Crippen molar-refractivity contribution in [3.8, 4) is 17.1 Å². The lowest BCUT2D eigenvalue weighted by Crippen LogP contribution is -2.19. The van der Waals surface area contributed by atoms with Gasteiger partial charge in [0.1, 0.15) is 5.76 Å². The van der Waals surface area contributed by atoms with E-state index < -0.39 is 12.5 Å². The van der Waals surface area contributed by atoms with E-state index in [-0.39, 0.29) is 22.5 Å². The highest BCUT2D eigenvalue weighted by atomic mass is 79.9. The van der Waals surface area contributed by atoms with Crippen LogP contribution in [0.5, 0.6) is 5.75 Å². The molecule has 0 saturated heterocycles. The molecule has 2 N–H and O–H groups in total. The van der Waals surface area contributed by atoms with E-state index in [1.54, 1.807) is 36.4 Å². The second-order valence-corrected chi connectivity index (χ2v) is 6.37. The van der Waals surface area contributed by atoms with Gasteiger partial charge in [0, 0.05) is 10.5 Å². The Morgan fingerprint density at radius 1 is 1.24 bits per heavy atom. The molecule has 1 aromatic heterocycles. The molecule has 0 aliphatic carbocycles. The van der Waals surface area contributed by atoms with Gasteiger partial charge in [0.2, 0.25) is 5.91 Å². The summed E-state index contributed by atoms with van der Waals surface area (Å²) in [5.41, 5.74) is 5.49. The summed E-state index contributed by atoms with van der Waals surface area (Å²) in [6.07, 6.45) is 0. The number of carbonyl (C=O) groups excluding carboxylic acids is 1. The maximum atomic E-state index is 12.3. The predicted molar refractivity (Wildman–Crippen MR) is 96.4 cm³/mol. The van der Waals surface area contributed by atoms with Crippen LogP contribution in [-0.4, -0.2) is 12.5 Å². The van der Waals surface area contributed by atoms with Gasteiger partial charge in [-0.1, -0.05) is 33.6 Å². The molecule has 0 fully saturated rings. The lowest BCUT2D eigenvalue weighted by Gasteiger charge is -2.10. The maximum Gasteiger partial charge on any atom is 0.247 e. The zero-order valence-corrected chi connectivity index (χ0v) is 15.0. The van der Waals surface area contributed by atoms with Gasteiger partial charge in [0.15, 0.2) is 23.4 Å². The van der Waals surface area contributed by atoms with Crippen LogP contribution in [-0.2, 0) is 9.68 Å². The smallest absolute Gasteiger partial charge is 0.247 e. The number of benzene rings is 2. The SMILES string of the molecule is NC(=O)COOc1cc(Br)ccc1-c1cc(=O)c2cccc(Cl)c2o1. The number of hydrogen-bond donors (Lipinski definition) is 1. The minimum Gasteiger partial charge on any atom is -0.454 e. The van der Waals surface area contributed by atoms with E-state index in [1.165, 1.54) is 6.07 Å². The molecule has 0 radical (unpaired) electrons. The summed E-state index contributed by atoms with van der Waals surface area (Å²) < 4.78 is 6.50. The molecule has 0 spiro atoms. The maximum absolute atomic E-state index is 12.3. The van der Waals surface area contributed by atoms with Gasteiger partial charge in [-0.3, -0.25) is 9.59 Å². The summed E-state index contributed by atoms with van der Waals surface area (Å²) in [4.78, 5) is 33.1. The Bertz CT molecular complexity index is 1020. The Labute approximate surface area is 155 Å². The summed E-state index contributed by atoms with van der Waals surface area (Å²) >= 11 is 9.44. The first-order valence-corrected chi connectivity index (χ1v) is 8.23. The third-order valence-electron chi connectivity index (χ3n) is 3.27. The van der Waals surface area contributed by atoms with Crippen molar-refractivity contribution in [2.24, 2.45) is 5.73 Å². The van der Waals surface area contributed by atoms with Gasteiger partial charge in [-0.2, -0.15) is 4.89 Å². The van der Waals surface area contributed by atoms with E-state index in [0.29, 0.717) is 20.4 Å². The van der Waals surface area contributed by atoms with Crippen molar-refractivity contribution in [3.63, 3.8) is 0 Å². The largest absolute Gasteiger partial charge is 0.454 e. The molecule has 3 aromatic rings. The van der Waals surface area contributed by atoms with Crippen LogP contribution in [0.15, 0.2) is 56.1 Å². The number of fused-ring (bicyclic) bond motifs is 1. The number of rotatable bonds is 5. The van der Waals surface area contributed by atoms with E-state index in [1.807, 2.05) is 0 Å². The number of carbonyl (C=O) groups is 1. The summed E-state index contributed by atoms with van der Waals surface area (Å²) in [7, 11) is 0. The molecule has 0 unspecified atom stereocenters. The van der Waals surface area contributed by atoms with E-state index in [0.717, 1.165) is 0 Å². The minimum atomic E-state index is -0.680. The number of amides is 1. The Balaban J connectivity index is 2.10. The van der Waals surface area contributed by atoms with Crippen LogP contribution in [0.3, 0.4) is 0 Å². The van der Waals surface area contributed by atoms with E-state index >= 15 is 0 Å². The fourth-order valence-electron chi connectivity index (χ4n) is 2.20. The molecule has 1 amide bonds. The summed E-state index contributed by atoms with van der Waals surface area (Å²) in [5, 5.41) is 0.696. The van der Waals surface area contributed by atoms with Crippen molar-refractivity contribution in [2.75, 3.05) is 6.61 Å². The third-order valence-corrected chi connectivity index (χ3v) is 4.06. The van der Waals surface area contributed by atoms with Gasteiger partial charge in [-0.05, 0) is 30.3 Å². The van der Waals surface area contributed by atoms with Gasteiger partial charge in [-0.25, -0.2) is 0 Å². The Kier molecular flexibility index (Phi) is 5.08. The standard InChI is InChI=1S/C17H11BrClNO5/c18-9-4-5-11(15(6-9)25-23-8-16(20)22)14-7-13(21)10-2-1-3-12(19)17(10)24-14/h1-7H,8H2,(H2,20,22). The van der Waals surface area contributed by atoms with Crippen LogP contribution in [0, 0.1) is 0 Å². The molecule has 0 aliphatic rings. The molecule has 8 heteroatoms. The topological polar surface area (TPSA) is 91.8 Å². The monoisotopic (exact) mass is 423 g/mol. The van der Waals surface area contributed by atoms with Crippen molar-refractivity contribution in [1.29, 1.82) is 0 Å². The minimum absolute atomic E-state index is 0.241. The summed E-state index contributed by atoms with van der Waals surface area (Å²) in [6.45, 7) is -0.417. The zero-order valence-electron chi connectivity index (χ0n) is 12.6. The van der Waals surface area contributed by atoms with Gasteiger partial charge in [-0.15, -0.1) is 0 Å². The molecule has 0 aliphatic heterocycles. The van der Waals surface area contributed by atoms with Crippen molar-refractivity contribution in [3.05, 3.63) is 62.2 Å². The average molecular weight is 425 g/mol. The third kappa shape index (κ3) is 3.84. The fourth-order valence-corrected chi connectivity index (χ4v) is 2.75. The van der Waals surface area contributed by atoms with Gasteiger partial charge in [0.25, 0.3) is 0 Å². The quantitative estimate of drug-likeness (QED) is 0.498. The normalized spacial score (nSPS) is 10.8. The molecule has 2 aromatic carbocycles. The Morgan fingerprint density at radius 2 is 2.04 bits per heavy atom. The molecule has 0 atom stereocenters. The summed E-state index contributed by atoms with van der Waals surface area (Å²) in [6, 6.07) is 11.3. The fraction of sp³-hybridized carbons (Fsp3) is 0.0588. The predicted octanol–water partition coefficient (Wildman–Crippen LogP) is 3.67. The highest BCUT2D eigenvalue weighted by Crippen LogP contribution is 2.34. The summed E-state index contributed by atoms with van der Waals surface area (Å²) in [5.74, 6) is -0.193. The lowest BCUT2D eigenvalue weighted by molar-refractivity contribution is -0.205. The first-order valence-electron chi connectivity index (χ1n) is 7.06. The van der Waals surface area contributed by atoms with E-state index in [9.17, 15) is 9.59 Å². The average Bonchev–Trinajstić information content (AvgIpc) is 2.55. The van der Waals surface area contributed by atoms with Crippen LogP contribution in [0.25, 0.3) is 22.3 Å². The van der Waals surface area contributed by atoms with Gasteiger partial charge in [0.05, 0.1) is 16.0 Å². The highest BCUT2D eigenvalue weighted by Gasteiger charge is 2.15. The van der Waals surface area contributed by atoms with Crippen LogP contribution >= 0.6 is 27.5 Å². The first kappa shape index (κ1) is 17.5. The van der Waals surface area contributed by atoms with Crippen LogP contribution < -0.4 is 16.1 Å². The number of halogens is 2. The number of para-hydroxylation sites is 1. The van der Waals surface area contributed by atoms with E-state index in [4.69, 9.17) is 31.5 Å². The molecule has 25 heavy (non-hydrogen) atoms. The van der Waals surface area contributed by atoms with Crippen LogP contribution in [0.1, 0.15) is 0 Å². The lowest BCUT2D eigenvalue weighted by atomic mass is 10.1. The molecule has 128 valence electrons.